The highest BCUT2D eigenvalue weighted by atomic mass is 16.4. The fourth-order valence-electron chi connectivity index (χ4n) is 2.30. The lowest BCUT2D eigenvalue weighted by Crippen LogP contribution is -2.52. The molecule has 6 heteroatoms. The topological polar surface area (TPSA) is 72.9 Å². The fourth-order valence-corrected chi connectivity index (χ4v) is 2.30. The van der Waals surface area contributed by atoms with E-state index in [1.54, 1.807) is 11.8 Å². The SMILES string of the molecule is CCC(C)(CNC(=O)N1CCCC(N(C)C)C1)C(=O)O. The lowest BCUT2D eigenvalue weighted by atomic mass is 9.88. The summed E-state index contributed by atoms with van der Waals surface area (Å²) in [6.07, 6.45) is 2.57. The number of likely N-dealkylation sites (N-methyl/N-ethyl adjacent to an activating group) is 1. The molecule has 2 atom stereocenters. The van der Waals surface area contributed by atoms with Crippen molar-refractivity contribution in [2.45, 2.75) is 39.2 Å². The molecule has 1 fully saturated rings. The van der Waals surface area contributed by atoms with Crippen molar-refractivity contribution in [2.75, 3.05) is 33.7 Å². The molecule has 6 nitrogen and oxygen atoms in total. The number of carbonyl (C=O) groups excluding carboxylic acids is 1. The van der Waals surface area contributed by atoms with Gasteiger partial charge in [0.1, 0.15) is 0 Å². The van der Waals surface area contributed by atoms with Crippen LogP contribution >= 0.6 is 0 Å². The number of hydrogen-bond donors (Lipinski definition) is 2. The fraction of sp³-hybridized carbons (Fsp3) is 0.857. The Morgan fingerprint density at radius 1 is 1.45 bits per heavy atom. The summed E-state index contributed by atoms with van der Waals surface area (Å²) in [5.41, 5.74) is -0.896. The first kappa shape index (κ1) is 16.8. The third-order valence-electron chi connectivity index (χ3n) is 4.34. The summed E-state index contributed by atoms with van der Waals surface area (Å²) in [4.78, 5) is 27.3. The third-order valence-corrected chi connectivity index (χ3v) is 4.34. The summed E-state index contributed by atoms with van der Waals surface area (Å²) in [6, 6.07) is 0.226. The van der Waals surface area contributed by atoms with Gasteiger partial charge in [-0.1, -0.05) is 6.92 Å². The van der Waals surface area contributed by atoms with Crippen LogP contribution in [0.25, 0.3) is 0 Å². The van der Waals surface area contributed by atoms with E-state index in [-0.39, 0.29) is 12.6 Å². The maximum absolute atomic E-state index is 12.2. The smallest absolute Gasteiger partial charge is 0.317 e. The summed E-state index contributed by atoms with van der Waals surface area (Å²) in [5.74, 6) is -0.870. The van der Waals surface area contributed by atoms with E-state index < -0.39 is 11.4 Å². The van der Waals surface area contributed by atoms with Crippen LogP contribution in [-0.2, 0) is 4.79 Å². The van der Waals surface area contributed by atoms with Crippen molar-refractivity contribution in [3.63, 3.8) is 0 Å². The minimum atomic E-state index is -0.896. The van der Waals surface area contributed by atoms with Crippen LogP contribution in [0.4, 0.5) is 4.79 Å². The van der Waals surface area contributed by atoms with Crippen LogP contribution < -0.4 is 5.32 Å². The highest BCUT2D eigenvalue weighted by Crippen LogP contribution is 2.20. The van der Waals surface area contributed by atoms with Crippen LogP contribution in [0.15, 0.2) is 0 Å². The van der Waals surface area contributed by atoms with Gasteiger partial charge in [0.25, 0.3) is 0 Å². The van der Waals surface area contributed by atoms with Crippen molar-refractivity contribution in [2.24, 2.45) is 5.41 Å². The van der Waals surface area contributed by atoms with Gasteiger partial charge in [0.15, 0.2) is 0 Å². The lowest BCUT2D eigenvalue weighted by molar-refractivity contribution is -0.147. The van der Waals surface area contributed by atoms with Crippen molar-refractivity contribution in [3.8, 4) is 0 Å². The van der Waals surface area contributed by atoms with E-state index in [4.69, 9.17) is 0 Å². The molecule has 1 rings (SSSR count). The average molecular weight is 285 g/mol. The molecule has 2 unspecified atom stereocenters. The Labute approximate surface area is 121 Å². The monoisotopic (exact) mass is 285 g/mol. The summed E-state index contributed by atoms with van der Waals surface area (Å²) in [6.45, 7) is 5.10. The van der Waals surface area contributed by atoms with Gasteiger partial charge in [0, 0.05) is 25.7 Å². The first-order valence-corrected chi connectivity index (χ1v) is 7.22. The second kappa shape index (κ2) is 6.92. The molecule has 0 aliphatic carbocycles. The predicted molar refractivity (Wildman–Crippen MR) is 77.7 cm³/mol. The van der Waals surface area contributed by atoms with E-state index in [2.05, 4.69) is 10.2 Å². The zero-order valence-corrected chi connectivity index (χ0v) is 13.0. The van der Waals surface area contributed by atoms with Crippen molar-refractivity contribution in [1.29, 1.82) is 0 Å². The zero-order chi connectivity index (χ0) is 15.3. The number of piperidine rings is 1. The first-order chi connectivity index (χ1) is 9.30. The van der Waals surface area contributed by atoms with Gasteiger partial charge in [-0.3, -0.25) is 4.79 Å². The van der Waals surface area contributed by atoms with Gasteiger partial charge in [0.05, 0.1) is 5.41 Å². The maximum atomic E-state index is 12.2. The van der Waals surface area contributed by atoms with E-state index in [1.165, 1.54) is 0 Å². The molecule has 0 saturated carbocycles. The van der Waals surface area contributed by atoms with Gasteiger partial charge < -0.3 is 20.2 Å². The number of nitrogens with one attached hydrogen (secondary N) is 1. The second-order valence-corrected chi connectivity index (χ2v) is 6.08. The molecule has 0 bridgehead atoms. The molecule has 2 N–H and O–H groups in total. The van der Waals surface area contributed by atoms with E-state index in [0.29, 0.717) is 19.0 Å². The summed E-state index contributed by atoms with van der Waals surface area (Å²) < 4.78 is 0. The standard InChI is InChI=1S/C14H27N3O3/c1-5-14(2,12(18)19)10-15-13(20)17-8-6-7-11(9-17)16(3)4/h11H,5-10H2,1-4H3,(H,15,20)(H,18,19). The molecule has 0 aromatic rings. The molecule has 1 aliphatic heterocycles. The molecule has 0 radical (unpaired) electrons. The van der Waals surface area contributed by atoms with Gasteiger partial charge in [-0.25, -0.2) is 4.79 Å². The first-order valence-electron chi connectivity index (χ1n) is 7.22. The molecule has 1 aliphatic rings. The van der Waals surface area contributed by atoms with Crippen LogP contribution in [0, 0.1) is 5.41 Å². The molecular weight excluding hydrogens is 258 g/mol. The Hall–Kier alpha value is -1.30. The Morgan fingerprint density at radius 2 is 2.10 bits per heavy atom. The molecule has 116 valence electrons. The van der Waals surface area contributed by atoms with Gasteiger partial charge in [-0.2, -0.15) is 0 Å². The van der Waals surface area contributed by atoms with E-state index in [9.17, 15) is 14.7 Å². The van der Waals surface area contributed by atoms with Crippen molar-refractivity contribution >= 4 is 12.0 Å². The van der Waals surface area contributed by atoms with Crippen LogP contribution in [0.5, 0.6) is 0 Å². The normalized spacial score (nSPS) is 22.4. The maximum Gasteiger partial charge on any atom is 0.317 e. The van der Waals surface area contributed by atoms with E-state index in [1.807, 2.05) is 21.0 Å². The highest BCUT2D eigenvalue weighted by molar-refractivity contribution is 5.78. The number of carboxylic acid groups (broad SMARTS) is 1. The van der Waals surface area contributed by atoms with Crippen molar-refractivity contribution in [3.05, 3.63) is 0 Å². The van der Waals surface area contributed by atoms with Crippen molar-refractivity contribution < 1.29 is 14.7 Å². The number of likely N-dealkylation sites (tertiary alicyclic amines) is 1. The van der Waals surface area contributed by atoms with E-state index >= 15 is 0 Å². The molecule has 2 amide bonds. The number of carboxylic acids is 1. The number of hydrogen-bond acceptors (Lipinski definition) is 3. The molecule has 0 spiro atoms. The molecule has 20 heavy (non-hydrogen) atoms. The number of amides is 2. The second-order valence-electron chi connectivity index (χ2n) is 6.08. The van der Waals surface area contributed by atoms with Gasteiger partial charge in [0.2, 0.25) is 0 Å². The Balaban J connectivity index is 2.52. The number of urea groups is 1. The Kier molecular flexibility index (Phi) is 5.80. The third kappa shape index (κ3) is 4.10. The minimum absolute atomic E-state index is 0.155. The van der Waals surface area contributed by atoms with Crippen molar-refractivity contribution in [1.82, 2.24) is 15.1 Å². The zero-order valence-electron chi connectivity index (χ0n) is 13.0. The highest BCUT2D eigenvalue weighted by Gasteiger charge is 2.32. The van der Waals surface area contributed by atoms with Crippen LogP contribution in [0.3, 0.4) is 0 Å². The summed E-state index contributed by atoms with van der Waals surface area (Å²) >= 11 is 0. The van der Waals surface area contributed by atoms with Gasteiger partial charge in [-0.15, -0.1) is 0 Å². The van der Waals surface area contributed by atoms with Gasteiger partial charge >= 0.3 is 12.0 Å². The molecule has 1 saturated heterocycles. The predicted octanol–water partition coefficient (Wildman–Crippen LogP) is 1.22. The Bertz CT molecular complexity index is 360. The molecular formula is C14H27N3O3. The number of aliphatic carboxylic acids is 1. The summed E-state index contributed by atoms with van der Waals surface area (Å²) in [7, 11) is 4.04. The average Bonchev–Trinajstić information content (AvgIpc) is 2.44. The van der Waals surface area contributed by atoms with E-state index in [0.717, 1.165) is 19.4 Å². The Morgan fingerprint density at radius 3 is 2.60 bits per heavy atom. The number of rotatable bonds is 5. The van der Waals surface area contributed by atoms with Crippen LogP contribution in [0.1, 0.15) is 33.1 Å². The lowest BCUT2D eigenvalue weighted by Gasteiger charge is -2.36. The molecule has 0 aromatic carbocycles. The van der Waals surface area contributed by atoms with Gasteiger partial charge in [-0.05, 0) is 40.3 Å². The quantitative estimate of drug-likeness (QED) is 0.796. The minimum Gasteiger partial charge on any atom is -0.481 e. The number of nitrogens with zero attached hydrogens (tertiary/aromatic N) is 2. The number of carbonyl (C=O) groups is 2. The van der Waals surface area contributed by atoms with Crippen LogP contribution in [-0.4, -0.2) is 66.7 Å². The largest absolute Gasteiger partial charge is 0.481 e. The molecule has 1 heterocycles. The molecule has 0 aromatic heterocycles. The summed E-state index contributed by atoms with van der Waals surface area (Å²) in [5, 5.41) is 12.0. The van der Waals surface area contributed by atoms with Crippen LogP contribution in [0.2, 0.25) is 0 Å².